The highest BCUT2D eigenvalue weighted by Gasteiger charge is 2.40. The van der Waals surface area contributed by atoms with Crippen molar-refractivity contribution >= 4 is 39.9 Å². The fourth-order valence-electron chi connectivity index (χ4n) is 6.64. The van der Waals surface area contributed by atoms with Gasteiger partial charge in [0.05, 0.1) is 39.0 Å². The molecule has 1 saturated heterocycles. The van der Waals surface area contributed by atoms with E-state index in [1.807, 2.05) is 38.7 Å². The Labute approximate surface area is 259 Å². The van der Waals surface area contributed by atoms with Gasteiger partial charge in [-0.3, -0.25) is 14.3 Å². The maximum Gasteiger partial charge on any atom is 0.354 e. The summed E-state index contributed by atoms with van der Waals surface area (Å²) in [5.74, 6) is -0.656. The van der Waals surface area contributed by atoms with Gasteiger partial charge in [-0.2, -0.15) is 4.98 Å². The summed E-state index contributed by atoms with van der Waals surface area (Å²) in [7, 11) is 1.78. The molecule has 1 N–H and O–H groups in total. The number of amides is 1. The zero-order chi connectivity index (χ0) is 31.6. The molecule has 2 aromatic carbocycles. The van der Waals surface area contributed by atoms with Crippen LogP contribution in [-0.2, 0) is 4.79 Å². The molecule has 0 spiro atoms. The number of aromatic hydroxyl groups is 1. The van der Waals surface area contributed by atoms with Gasteiger partial charge < -0.3 is 19.8 Å². The third kappa shape index (κ3) is 4.51. The summed E-state index contributed by atoms with van der Waals surface area (Å²) in [4.78, 5) is 41.8. The topological polar surface area (TPSA) is 94.8 Å². The fraction of sp³-hybridized carbons (Fsp3) is 0.333. The number of rotatable bonds is 4. The van der Waals surface area contributed by atoms with Gasteiger partial charge in [0.25, 0.3) is 0 Å². The first-order chi connectivity index (χ1) is 20.9. The molecule has 2 unspecified atom stereocenters. The van der Waals surface area contributed by atoms with Crippen LogP contribution in [0.25, 0.3) is 27.7 Å². The average Bonchev–Trinajstić information content (AvgIpc) is 3.08. The second kappa shape index (κ2) is 10.9. The van der Waals surface area contributed by atoms with Crippen molar-refractivity contribution in [1.82, 2.24) is 19.4 Å². The molecule has 2 atom stereocenters. The monoisotopic (exact) mass is 616 g/mol. The number of aryl methyl sites for hydroxylation is 1. The molecule has 2 aromatic heterocycles. The van der Waals surface area contributed by atoms with E-state index in [4.69, 9.17) is 11.6 Å². The number of hydrogen-bond acceptors (Lipinski definition) is 7. The van der Waals surface area contributed by atoms with E-state index in [-0.39, 0.29) is 51.5 Å². The van der Waals surface area contributed by atoms with Gasteiger partial charge in [0, 0.05) is 50.0 Å². The number of pyridine rings is 1. The number of halogens is 2. The molecule has 9 nitrogen and oxygen atoms in total. The Morgan fingerprint density at radius 3 is 2.64 bits per heavy atom. The standard InChI is InChI=1S/C33H34ClFN6O3/c1-7-25(43)39-16-20-15-38(6)31-27-23(13-21(28(31)35)26-22(34)9-8-10-24(26)42)41(30-18(4)11-12-36-29(30)17(2)3)33(44)37-32(27)40(20)14-19(39)5/h7-13,17,19-20,42H,1,14-16H2,2-6H3. The Morgan fingerprint density at radius 1 is 1.20 bits per heavy atom. The van der Waals surface area contributed by atoms with Gasteiger partial charge in [-0.05, 0) is 55.7 Å². The van der Waals surface area contributed by atoms with Gasteiger partial charge in [-0.15, -0.1) is 0 Å². The van der Waals surface area contributed by atoms with Crippen molar-refractivity contribution in [3.05, 3.63) is 81.8 Å². The second-order valence-electron chi connectivity index (χ2n) is 11.9. The van der Waals surface area contributed by atoms with E-state index < -0.39 is 11.5 Å². The molecule has 1 amide bonds. The number of benzene rings is 2. The summed E-state index contributed by atoms with van der Waals surface area (Å²) in [6.07, 6.45) is 3.00. The molecule has 4 heterocycles. The predicted octanol–water partition coefficient (Wildman–Crippen LogP) is 5.42. The number of anilines is 2. The van der Waals surface area contributed by atoms with Crippen molar-refractivity contribution in [1.29, 1.82) is 0 Å². The predicted molar refractivity (Wildman–Crippen MR) is 172 cm³/mol. The molecule has 0 bridgehead atoms. The number of carbonyl (C=O) groups is 1. The van der Waals surface area contributed by atoms with Crippen LogP contribution in [-0.4, -0.2) is 69.2 Å². The molecular formula is C33H34ClFN6O3. The third-order valence-electron chi connectivity index (χ3n) is 8.70. The van der Waals surface area contributed by atoms with Crippen molar-refractivity contribution in [2.75, 3.05) is 36.5 Å². The summed E-state index contributed by atoms with van der Waals surface area (Å²) in [6, 6.07) is 7.53. The quantitative estimate of drug-likeness (QED) is 0.306. The van der Waals surface area contributed by atoms with Crippen molar-refractivity contribution in [2.24, 2.45) is 0 Å². The number of fused-ring (bicyclic) bond motifs is 2. The molecule has 11 heteroatoms. The van der Waals surface area contributed by atoms with Gasteiger partial charge in [0.2, 0.25) is 5.91 Å². The van der Waals surface area contributed by atoms with Gasteiger partial charge in [-0.1, -0.05) is 38.1 Å². The number of hydrogen-bond donors (Lipinski definition) is 1. The molecular weight excluding hydrogens is 583 g/mol. The highest BCUT2D eigenvalue weighted by molar-refractivity contribution is 6.33. The smallest absolute Gasteiger partial charge is 0.354 e. The van der Waals surface area contributed by atoms with Crippen LogP contribution in [0.4, 0.5) is 15.9 Å². The summed E-state index contributed by atoms with van der Waals surface area (Å²) in [5.41, 5.74) is 2.36. The molecule has 0 aliphatic carbocycles. The van der Waals surface area contributed by atoms with Crippen molar-refractivity contribution < 1.29 is 14.3 Å². The Balaban J connectivity index is 1.75. The third-order valence-corrected chi connectivity index (χ3v) is 9.01. The lowest BCUT2D eigenvalue weighted by Crippen LogP contribution is -2.61. The number of phenols is 1. The van der Waals surface area contributed by atoms with E-state index in [0.717, 1.165) is 5.56 Å². The number of nitrogens with zero attached hydrogens (tertiary/aromatic N) is 6. The van der Waals surface area contributed by atoms with E-state index in [0.29, 0.717) is 47.7 Å². The minimum Gasteiger partial charge on any atom is -0.507 e. The first-order valence-corrected chi connectivity index (χ1v) is 15.0. The van der Waals surface area contributed by atoms with Gasteiger partial charge >= 0.3 is 5.69 Å². The summed E-state index contributed by atoms with van der Waals surface area (Å²) in [6.45, 7) is 12.6. The Kier molecular flexibility index (Phi) is 7.36. The van der Waals surface area contributed by atoms with E-state index in [1.165, 1.54) is 16.7 Å². The molecule has 4 aromatic rings. The van der Waals surface area contributed by atoms with Crippen LogP contribution in [0.1, 0.15) is 37.9 Å². The molecule has 228 valence electrons. The molecule has 1 fully saturated rings. The lowest BCUT2D eigenvalue weighted by molar-refractivity contribution is -0.128. The Morgan fingerprint density at radius 2 is 1.95 bits per heavy atom. The second-order valence-corrected chi connectivity index (χ2v) is 12.3. The average molecular weight is 617 g/mol. The largest absolute Gasteiger partial charge is 0.507 e. The Bertz CT molecular complexity index is 1890. The minimum absolute atomic E-state index is 0.0300. The van der Waals surface area contributed by atoms with Crippen LogP contribution in [0.5, 0.6) is 5.75 Å². The van der Waals surface area contributed by atoms with E-state index in [2.05, 4.69) is 16.5 Å². The van der Waals surface area contributed by atoms with Gasteiger partial charge in [0.15, 0.2) is 5.82 Å². The molecule has 6 rings (SSSR count). The van der Waals surface area contributed by atoms with E-state index in [1.54, 1.807) is 41.2 Å². The van der Waals surface area contributed by atoms with E-state index >= 15 is 4.39 Å². The minimum atomic E-state index is -0.601. The summed E-state index contributed by atoms with van der Waals surface area (Å²) < 4.78 is 18.5. The number of piperazine rings is 1. The maximum atomic E-state index is 17.0. The van der Waals surface area contributed by atoms with Gasteiger partial charge in [0.1, 0.15) is 11.6 Å². The van der Waals surface area contributed by atoms with Crippen LogP contribution >= 0.6 is 11.6 Å². The molecule has 0 saturated carbocycles. The number of likely N-dealkylation sites (N-methyl/N-ethyl adjacent to an activating group) is 1. The van der Waals surface area contributed by atoms with Gasteiger partial charge in [-0.25, -0.2) is 9.18 Å². The normalized spacial score (nSPS) is 18.0. The highest BCUT2D eigenvalue weighted by Crippen LogP contribution is 2.47. The summed E-state index contributed by atoms with van der Waals surface area (Å²) in [5, 5.41) is 11.5. The number of carbonyl (C=O) groups excluding carboxylic acids is 1. The SMILES string of the molecule is C=CC(=O)N1CC2CN(C)c3c(F)c(-c4c(O)cccc4Cl)cc4c3c(nc(=O)n4-c3c(C)ccnc3C(C)C)N2CC1C. The van der Waals surface area contributed by atoms with Crippen LogP contribution in [0.3, 0.4) is 0 Å². The number of aromatic nitrogens is 3. The van der Waals surface area contributed by atoms with Crippen LogP contribution < -0.4 is 15.5 Å². The maximum absolute atomic E-state index is 17.0. The summed E-state index contributed by atoms with van der Waals surface area (Å²) >= 11 is 6.57. The van der Waals surface area contributed by atoms with Crippen LogP contribution in [0.15, 0.2) is 54.0 Å². The van der Waals surface area contributed by atoms with Crippen molar-refractivity contribution in [3.63, 3.8) is 0 Å². The number of phenolic OH excluding ortho intramolecular Hbond substituents is 1. The van der Waals surface area contributed by atoms with Crippen molar-refractivity contribution in [3.8, 4) is 22.6 Å². The zero-order valence-corrected chi connectivity index (χ0v) is 26.1. The molecule has 0 radical (unpaired) electrons. The molecule has 44 heavy (non-hydrogen) atoms. The zero-order valence-electron chi connectivity index (χ0n) is 25.3. The van der Waals surface area contributed by atoms with Crippen molar-refractivity contribution in [2.45, 2.75) is 45.7 Å². The fourth-order valence-corrected chi connectivity index (χ4v) is 6.91. The first-order valence-electron chi connectivity index (χ1n) is 14.6. The van der Waals surface area contributed by atoms with Crippen LogP contribution in [0, 0.1) is 12.7 Å². The van der Waals surface area contributed by atoms with Crippen LogP contribution in [0.2, 0.25) is 5.02 Å². The Hall–Kier alpha value is -4.44. The lowest BCUT2D eigenvalue weighted by atomic mass is 9.98. The molecule has 2 aliphatic rings. The first kappa shape index (κ1) is 29.6. The highest BCUT2D eigenvalue weighted by atomic mass is 35.5. The van der Waals surface area contributed by atoms with E-state index in [9.17, 15) is 14.7 Å². The lowest BCUT2D eigenvalue weighted by Gasteiger charge is -2.45. The molecule has 2 aliphatic heterocycles.